The molecule has 6 rings (SSSR count). The van der Waals surface area contributed by atoms with Crippen molar-refractivity contribution in [2.75, 3.05) is 0 Å². The summed E-state index contributed by atoms with van der Waals surface area (Å²) in [5, 5.41) is 62.2. The summed E-state index contributed by atoms with van der Waals surface area (Å²) in [5.74, 6) is 0. The van der Waals surface area contributed by atoms with Crippen LogP contribution in [0.5, 0.6) is 0 Å². The fraction of sp³-hybridized carbons (Fsp3) is 0.800. The Morgan fingerprint density at radius 1 is 0.556 bits per heavy atom. The third-order valence-electron chi connectivity index (χ3n) is 5.44. The van der Waals surface area contributed by atoms with Crippen LogP contribution >= 0.6 is 0 Å². The van der Waals surface area contributed by atoms with Gasteiger partial charge in [0.05, 0.1) is 28.3 Å². The van der Waals surface area contributed by atoms with E-state index in [9.17, 15) is 0 Å². The van der Waals surface area contributed by atoms with Gasteiger partial charge in [-0.2, -0.15) is 0 Å². The third kappa shape index (κ3) is 11.5. The summed E-state index contributed by atoms with van der Waals surface area (Å²) in [6, 6.07) is 1.79. The normalized spacial score (nSPS) is 16.0. The van der Waals surface area contributed by atoms with E-state index >= 15 is 0 Å². The first-order valence-electron chi connectivity index (χ1n) is 10.7. The molecule has 3 aromatic rings. The van der Waals surface area contributed by atoms with E-state index in [0.29, 0.717) is 18.1 Å². The number of rotatable bonds is 3. The van der Waals surface area contributed by atoms with Gasteiger partial charge < -0.3 is 30.6 Å². The van der Waals surface area contributed by atoms with Gasteiger partial charge in [-0.1, -0.05) is 0 Å². The van der Waals surface area contributed by atoms with Crippen LogP contribution in [-0.2, 0) is 17.1 Å². The van der Waals surface area contributed by atoms with Crippen molar-refractivity contribution in [3.05, 3.63) is 49.6 Å². The summed E-state index contributed by atoms with van der Waals surface area (Å²) < 4.78 is 5.51. The van der Waals surface area contributed by atoms with E-state index in [0.717, 1.165) is 0 Å². The van der Waals surface area contributed by atoms with E-state index in [1.54, 1.807) is 19.0 Å². The molecule has 1 radical (unpaired) electrons. The molecule has 3 aliphatic rings. The third-order valence-corrected chi connectivity index (χ3v) is 5.44. The molecular formula is C15H24CuN14O6. The van der Waals surface area contributed by atoms with Crippen molar-refractivity contribution >= 4 is 0 Å². The molecule has 20 nitrogen and oxygen atoms in total. The van der Waals surface area contributed by atoms with Crippen molar-refractivity contribution in [1.29, 1.82) is 0 Å². The molecule has 21 heteroatoms. The molecule has 0 N–H and O–H groups in total. The van der Waals surface area contributed by atoms with Crippen LogP contribution in [-0.4, -0.2) is 70.8 Å². The van der Waals surface area contributed by atoms with Gasteiger partial charge in [0, 0.05) is 0 Å². The summed E-state index contributed by atoms with van der Waals surface area (Å²) in [7, 11) is 0. The Morgan fingerprint density at radius 3 is 0.889 bits per heavy atom. The summed E-state index contributed by atoms with van der Waals surface area (Å²) in [5.41, 5.74) is 0. The zero-order valence-electron chi connectivity index (χ0n) is 18.8. The van der Waals surface area contributed by atoms with Gasteiger partial charge in [0.2, 0.25) is 0 Å². The van der Waals surface area contributed by atoms with Crippen LogP contribution in [0.15, 0.2) is 19.0 Å². The predicted octanol–water partition coefficient (Wildman–Crippen LogP) is 0.714. The van der Waals surface area contributed by atoms with Gasteiger partial charge in [-0.05, 0) is 89.1 Å². The minimum Gasteiger partial charge on any atom is -0.356 e. The maximum Gasteiger partial charge on any atom is 2.00 e. The topological polar surface area (TPSA) is 263 Å². The van der Waals surface area contributed by atoms with Crippen molar-refractivity contribution in [1.82, 2.24) is 60.6 Å². The Hall–Kier alpha value is -3.87. The Balaban J connectivity index is 0.000000234. The number of hydrogen-bond acceptors (Lipinski definition) is 15. The van der Waals surface area contributed by atoms with Crippen molar-refractivity contribution in [3.8, 4) is 0 Å². The van der Waals surface area contributed by atoms with Gasteiger partial charge in [0.15, 0.2) is 0 Å². The smallest absolute Gasteiger partial charge is 0.356 e. The fourth-order valence-electron chi connectivity index (χ4n) is 2.96. The van der Waals surface area contributed by atoms with Crippen molar-refractivity contribution in [3.63, 3.8) is 0 Å². The molecule has 0 atom stereocenters. The average Bonchev–Trinajstić information content (AvgIpc) is 3.41. The molecule has 0 aliphatic heterocycles. The van der Waals surface area contributed by atoms with E-state index in [1.807, 2.05) is 14.0 Å². The maximum atomic E-state index is 8.25. The molecule has 0 spiro atoms. The minimum atomic E-state index is -1.75. The van der Waals surface area contributed by atoms with Crippen LogP contribution in [0.2, 0.25) is 0 Å². The van der Waals surface area contributed by atoms with Crippen LogP contribution in [0.25, 0.3) is 0 Å². The molecule has 3 heterocycles. The van der Waals surface area contributed by atoms with Gasteiger partial charge in [-0.3, -0.25) is 0 Å². The second-order valence-corrected chi connectivity index (χ2v) is 7.57. The summed E-state index contributed by atoms with van der Waals surface area (Å²) in [6.45, 7) is 0. The van der Waals surface area contributed by atoms with E-state index in [1.165, 1.54) is 57.8 Å². The van der Waals surface area contributed by atoms with Crippen molar-refractivity contribution in [2.45, 2.75) is 75.9 Å². The van der Waals surface area contributed by atoms with Crippen LogP contribution < -0.4 is 0 Å². The second-order valence-electron chi connectivity index (χ2n) is 7.57. The zero-order valence-corrected chi connectivity index (χ0v) is 19.8. The molecular weight excluding hydrogens is 536 g/mol. The predicted molar refractivity (Wildman–Crippen MR) is 113 cm³/mol. The SMILES string of the molecule is O=[N+]([O-])[O-].O=[N+]([O-])[O-].[Cu+2].c1nnnn1C1CCC1.c1nnnn1C1CCC1.c1nnnn1C1CCC1. The molecule has 3 aliphatic carbocycles. The first kappa shape index (κ1) is 30.2. The molecule has 0 aromatic carbocycles. The van der Waals surface area contributed by atoms with Gasteiger partial charge in [0.25, 0.3) is 0 Å². The Morgan fingerprint density at radius 2 is 0.778 bits per heavy atom. The minimum absolute atomic E-state index is 0. The van der Waals surface area contributed by atoms with Crippen LogP contribution in [0.3, 0.4) is 0 Å². The van der Waals surface area contributed by atoms with E-state index in [2.05, 4.69) is 46.6 Å². The molecule has 36 heavy (non-hydrogen) atoms. The molecule has 0 bridgehead atoms. The van der Waals surface area contributed by atoms with Crippen LogP contribution in [0, 0.1) is 30.6 Å². The summed E-state index contributed by atoms with van der Waals surface area (Å²) in [6.07, 6.45) is 16.5. The summed E-state index contributed by atoms with van der Waals surface area (Å²) >= 11 is 0. The van der Waals surface area contributed by atoms with E-state index in [-0.39, 0.29) is 17.1 Å². The Kier molecular flexibility index (Phi) is 14.0. The molecule has 3 aromatic heterocycles. The van der Waals surface area contributed by atoms with E-state index < -0.39 is 10.2 Å². The Bertz CT molecular complexity index is 823. The molecule has 0 saturated heterocycles. The number of hydrogen-bond donors (Lipinski definition) is 0. The zero-order chi connectivity index (χ0) is 25.5. The van der Waals surface area contributed by atoms with Crippen molar-refractivity contribution in [2.24, 2.45) is 0 Å². The fourth-order valence-corrected chi connectivity index (χ4v) is 2.96. The van der Waals surface area contributed by atoms with Crippen LogP contribution in [0.1, 0.15) is 75.9 Å². The second kappa shape index (κ2) is 16.7. The first-order valence-corrected chi connectivity index (χ1v) is 10.7. The van der Waals surface area contributed by atoms with Gasteiger partial charge >= 0.3 is 17.1 Å². The number of aromatic nitrogens is 12. The molecule has 3 fully saturated rings. The molecule has 201 valence electrons. The van der Waals surface area contributed by atoms with Gasteiger partial charge in [-0.15, -0.1) is 15.3 Å². The Labute approximate surface area is 213 Å². The van der Waals surface area contributed by atoms with Crippen LogP contribution in [0.4, 0.5) is 0 Å². The number of nitrogens with zero attached hydrogens (tertiary/aromatic N) is 14. The number of tetrazole rings is 3. The first-order chi connectivity index (χ1) is 16.9. The quantitative estimate of drug-likeness (QED) is 0.243. The average molecular weight is 560 g/mol. The molecule has 0 unspecified atom stereocenters. The molecule has 0 amide bonds. The van der Waals surface area contributed by atoms with Gasteiger partial charge in [-0.25, -0.2) is 14.0 Å². The molecule has 3 saturated carbocycles. The van der Waals surface area contributed by atoms with Gasteiger partial charge in [0.1, 0.15) is 19.0 Å². The summed E-state index contributed by atoms with van der Waals surface area (Å²) in [4.78, 5) is 16.5. The maximum absolute atomic E-state index is 8.25. The van der Waals surface area contributed by atoms with E-state index in [4.69, 9.17) is 30.6 Å². The van der Waals surface area contributed by atoms with Crippen molar-refractivity contribution < 1.29 is 27.2 Å². The largest absolute Gasteiger partial charge is 2.00 e. The standard InChI is InChI=1S/3C5H8N4.Cu.2NO3/c3*1-2-5(3-1)9-4-6-7-8-9;;2*2-1(3)4/h3*4-5H,1-3H2;;;/q;;;+2;2*-1. The monoisotopic (exact) mass is 559 g/mol.